The van der Waals surface area contributed by atoms with Gasteiger partial charge in [-0.3, -0.25) is 0 Å². The van der Waals surface area contributed by atoms with Crippen molar-refractivity contribution in [3.63, 3.8) is 0 Å². The summed E-state index contributed by atoms with van der Waals surface area (Å²) in [6, 6.07) is 0. The highest BCUT2D eigenvalue weighted by molar-refractivity contribution is 7.99. The Morgan fingerprint density at radius 2 is 2.35 bits per heavy atom. The monoisotopic (exact) mass is 269 g/mol. The smallest absolute Gasteiger partial charge is 0.134 e. The quantitative estimate of drug-likeness (QED) is 0.786. The van der Waals surface area contributed by atoms with Gasteiger partial charge in [-0.1, -0.05) is 6.92 Å². The molecule has 0 spiro atoms. The number of hydrogen-bond donors (Lipinski definition) is 0. The number of piperidine rings is 1. The highest BCUT2D eigenvalue weighted by Gasteiger charge is 2.38. The summed E-state index contributed by atoms with van der Waals surface area (Å²) in [5, 5.41) is 1.22. The molecule has 2 bridgehead atoms. The molecule has 2 saturated heterocycles. The lowest BCUT2D eigenvalue weighted by Gasteiger charge is -2.21. The predicted octanol–water partition coefficient (Wildman–Crippen LogP) is 2.85. The minimum absolute atomic E-state index is 0.663. The summed E-state index contributed by atoms with van der Waals surface area (Å²) >= 11 is 3.29. The Bertz CT molecular complexity index is 380. The maximum absolute atomic E-state index is 4.59. The van der Waals surface area contributed by atoms with E-state index in [1.165, 1.54) is 67.1 Å². The average molecular weight is 269 g/mol. The van der Waals surface area contributed by atoms with E-state index in [1.54, 1.807) is 0 Å². The van der Waals surface area contributed by atoms with Crippen LogP contribution in [0.1, 0.15) is 37.8 Å². The van der Waals surface area contributed by atoms with E-state index in [2.05, 4.69) is 20.6 Å². The zero-order valence-corrected chi connectivity index (χ0v) is 11.9. The van der Waals surface area contributed by atoms with Gasteiger partial charge in [-0.2, -0.15) is 8.75 Å². The Morgan fingerprint density at radius 3 is 3.18 bits per heavy atom. The largest absolute Gasteiger partial charge is 0.302 e. The van der Waals surface area contributed by atoms with E-state index in [0.29, 0.717) is 5.92 Å². The van der Waals surface area contributed by atoms with E-state index >= 15 is 0 Å². The van der Waals surface area contributed by atoms with Crippen LogP contribution in [0.2, 0.25) is 0 Å². The Morgan fingerprint density at radius 1 is 1.41 bits per heavy atom. The lowest BCUT2D eigenvalue weighted by atomic mass is 9.89. The summed E-state index contributed by atoms with van der Waals surface area (Å²) in [5.74, 6) is 2.67. The molecule has 1 unspecified atom stereocenters. The molecule has 0 aliphatic carbocycles. The van der Waals surface area contributed by atoms with Gasteiger partial charge in [-0.15, -0.1) is 11.8 Å². The Kier molecular flexibility index (Phi) is 3.68. The summed E-state index contributed by atoms with van der Waals surface area (Å²) < 4.78 is 9.08. The molecule has 3 atom stereocenters. The molecule has 94 valence electrons. The molecule has 3 heterocycles. The first-order valence-electron chi connectivity index (χ1n) is 6.56. The molecular formula is C12H19N3S2. The second kappa shape index (κ2) is 5.24. The SMILES string of the molecule is CCCSc1nsnc1[C@@H]1CN2CCC[C@@H]1C2. The highest BCUT2D eigenvalue weighted by atomic mass is 32.2. The van der Waals surface area contributed by atoms with Gasteiger partial charge in [-0.25, -0.2) is 0 Å². The molecule has 5 heteroatoms. The second-order valence-corrected chi connectivity index (χ2v) is 6.68. The summed E-state index contributed by atoms with van der Waals surface area (Å²) in [7, 11) is 0. The lowest BCUT2D eigenvalue weighted by molar-refractivity contribution is 0.269. The molecule has 2 aliphatic rings. The molecule has 0 N–H and O–H groups in total. The van der Waals surface area contributed by atoms with Crippen molar-refractivity contribution in [3.8, 4) is 0 Å². The first-order valence-corrected chi connectivity index (χ1v) is 8.27. The first-order chi connectivity index (χ1) is 8.38. The minimum Gasteiger partial charge on any atom is -0.302 e. The van der Waals surface area contributed by atoms with Crippen molar-refractivity contribution in [1.82, 2.24) is 13.6 Å². The Hall–Kier alpha value is -0.130. The maximum atomic E-state index is 4.59. The fourth-order valence-corrected chi connectivity index (χ4v) is 4.66. The van der Waals surface area contributed by atoms with Gasteiger partial charge < -0.3 is 4.90 Å². The number of nitrogens with zero attached hydrogens (tertiary/aromatic N) is 3. The zero-order chi connectivity index (χ0) is 11.7. The fraction of sp³-hybridized carbons (Fsp3) is 0.833. The number of aromatic nitrogens is 2. The van der Waals surface area contributed by atoms with Crippen LogP contribution in [0.5, 0.6) is 0 Å². The average Bonchev–Trinajstić information content (AvgIpc) is 2.91. The molecule has 3 nitrogen and oxygen atoms in total. The van der Waals surface area contributed by atoms with E-state index in [9.17, 15) is 0 Å². The summed E-state index contributed by atoms with van der Waals surface area (Å²) in [6.07, 6.45) is 3.97. The Balaban J connectivity index is 1.77. The predicted molar refractivity (Wildman–Crippen MR) is 72.8 cm³/mol. The third kappa shape index (κ3) is 2.37. The zero-order valence-electron chi connectivity index (χ0n) is 10.3. The summed E-state index contributed by atoms with van der Waals surface area (Å²) in [4.78, 5) is 2.60. The van der Waals surface area contributed by atoms with Crippen molar-refractivity contribution >= 4 is 23.5 Å². The van der Waals surface area contributed by atoms with Gasteiger partial charge >= 0.3 is 0 Å². The standard InChI is InChI=1S/C12H19N3S2/c1-2-6-16-12-11(13-17-14-12)10-8-15-5-3-4-9(10)7-15/h9-10H,2-8H2,1H3/t9-,10-/m1/s1. The topological polar surface area (TPSA) is 29.0 Å². The number of hydrogen-bond acceptors (Lipinski definition) is 5. The van der Waals surface area contributed by atoms with Crippen LogP contribution in [-0.4, -0.2) is 39.0 Å². The molecule has 2 aliphatic heterocycles. The number of rotatable bonds is 4. The van der Waals surface area contributed by atoms with Gasteiger partial charge in [0.05, 0.1) is 17.4 Å². The van der Waals surface area contributed by atoms with Crippen molar-refractivity contribution in [2.45, 2.75) is 37.1 Å². The third-order valence-corrected chi connectivity index (χ3v) is 5.69. The van der Waals surface area contributed by atoms with E-state index in [4.69, 9.17) is 0 Å². The van der Waals surface area contributed by atoms with Crippen molar-refractivity contribution in [2.75, 3.05) is 25.4 Å². The third-order valence-electron chi connectivity index (χ3n) is 3.84. The number of fused-ring (bicyclic) bond motifs is 2. The van der Waals surface area contributed by atoms with Gasteiger partial charge in [0.25, 0.3) is 0 Å². The Labute approximate surface area is 111 Å². The van der Waals surface area contributed by atoms with Crippen LogP contribution in [0.15, 0.2) is 5.03 Å². The van der Waals surface area contributed by atoms with E-state index in [1.807, 2.05) is 11.8 Å². The molecule has 3 rings (SSSR count). The second-order valence-electron chi connectivity index (χ2n) is 5.07. The van der Waals surface area contributed by atoms with Crippen LogP contribution in [0.3, 0.4) is 0 Å². The van der Waals surface area contributed by atoms with Gasteiger partial charge in [-0.05, 0) is 37.5 Å². The van der Waals surface area contributed by atoms with Gasteiger partial charge in [0.1, 0.15) is 5.03 Å². The van der Waals surface area contributed by atoms with Gasteiger partial charge in [0, 0.05) is 19.0 Å². The van der Waals surface area contributed by atoms with Crippen LogP contribution in [0, 0.1) is 5.92 Å². The molecular weight excluding hydrogens is 250 g/mol. The molecule has 1 aromatic heterocycles. The first kappa shape index (κ1) is 11.9. The van der Waals surface area contributed by atoms with Crippen LogP contribution in [0.25, 0.3) is 0 Å². The van der Waals surface area contributed by atoms with Crippen molar-refractivity contribution < 1.29 is 0 Å². The summed E-state index contributed by atoms with van der Waals surface area (Å²) in [5.41, 5.74) is 1.31. The summed E-state index contributed by atoms with van der Waals surface area (Å²) in [6.45, 7) is 6.03. The van der Waals surface area contributed by atoms with Crippen LogP contribution in [0.4, 0.5) is 0 Å². The van der Waals surface area contributed by atoms with Gasteiger partial charge in [0.2, 0.25) is 0 Å². The normalized spacial score (nSPS) is 31.9. The van der Waals surface area contributed by atoms with E-state index in [-0.39, 0.29) is 0 Å². The molecule has 2 fully saturated rings. The maximum Gasteiger partial charge on any atom is 0.134 e. The van der Waals surface area contributed by atoms with Crippen molar-refractivity contribution in [2.24, 2.45) is 5.92 Å². The fourth-order valence-electron chi connectivity index (χ4n) is 3.04. The van der Waals surface area contributed by atoms with E-state index in [0.717, 1.165) is 5.92 Å². The molecule has 0 aromatic carbocycles. The van der Waals surface area contributed by atoms with Crippen LogP contribution < -0.4 is 0 Å². The molecule has 17 heavy (non-hydrogen) atoms. The minimum atomic E-state index is 0.663. The highest BCUT2D eigenvalue weighted by Crippen LogP contribution is 2.41. The molecule has 1 aromatic rings. The van der Waals surface area contributed by atoms with Crippen molar-refractivity contribution in [1.29, 1.82) is 0 Å². The van der Waals surface area contributed by atoms with E-state index < -0.39 is 0 Å². The molecule has 0 radical (unpaired) electrons. The number of thioether (sulfide) groups is 1. The molecule has 0 saturated carbocycles. The molecule has 0 amide bonds. The van der Waals surface area contributed by atoms with Gasteiger partial charge in [0.15, 0.2) is 0 Å². The van der Waals surface area contributed by atoms with Crippen LogP contribution >= 0.6 is 23.5 Å². The van der Waals surface area contributed by atoms with Crippen LogP contribution in [-0.2, 0) is 0 Å². The van der Waals surface area contributed by atoms with Crippen molar-refractivity contribution in [3.05, 3.63) is 5.69 Å². The lowest BCUT2D eigenvalue weighted by Crippen LogP contribution is -2.25.